The van der Waals surface area contributed by atoms with E-state index in [1.54, 1.807) is 6.07 Å². The van der Waals surface area contributed by atoms with Gasteiger partial charge in [-0.15, -0.1) is 0 Å². The van der Waals surface area contributed by atoms with Crippen LogP contribution in [-0.4, -0.2) is 8.42 Å². The summed E-state index contributed by atoms with van der Waals surface area (Å²) in [6.45, 7) is 0. The Morgan fingerprint density at radius 1 is 1.46 bits per heavy atom. The van der Waals surface area contributed by atoms with Gasteiger partial charge in [-0.2, -0.15) is 5.26 Å². The smallest absolute Gasteiger partial charge is 0.225 e. The topological polar surface area (TPSA) is 83.9 Å². The lowest BCUT2D eigenvalue weighted by Gasteiger charge is -2.00. The molecule has 4 nitrogen and oxygen atoms in total. The Balaban J connectivity index is 3.53. The predicted molar refractivity (Wildman–Crippen MR) is 47.5 cm³/mol. The van der Waals surface area contributed by atoms with E-state index < -0.39 is 10.0 Å². The summed E-state index contributed by atoms with van der Waals surface area (Å²) < 4.78 is 21.9. The summed E-state index contributed by atoms with van der Waals surface area (Å²) in [7, 11) is -3.88. The Morgan fingerprint density at radius 3 is 2.54 bits per heavy atom. The normalized spacial score (nSPS) is 10.8. The van der Waals surface area contributed by atoms with Gasteiger partial charge in [-0.25, -0.2) is 13.6 Å². The van der Waals surface area contributed by atoms with Crippen molar-refractivity contribution in [2.45, 2.75) is 4.90 Å². The fourth-order valence-electron chi connectivity index (χ4n) is 0.824. The number of rotatable bonds is 1. The molecule has 68 valence electrons. The van der Waals surface area contributed by atoms with E-state index in [-0.39, 0.29) is 15.5 Å². The summed E-state index contributed by atoms with van der Waals surface area (Å²) in [4.78, 5) is -0.248. The Morgan fingerprint density at radius 2 is 2.08 bits per heavy atom. The maximum atomic E-state index is 10.9. The van der Waals surface area contributed by atoms with Gasteiger partial charge in [0.1, 0.15) is 11.0 Å². The zero-order valence-electron chi connectivity index (χ0n) is 6.36. The molecule has 13 heavy (non-hydrogen) atoms. The highest BCUT2D eigenvalue weighted by Gasteiger charge is 2.13. The Kier molecular flexibility index (Phi) is 2.57. The molecule has 0 heterocycles. The van der Waals surface area contributed by atoms with Gasteiger partial charge >= 0.3 is 0 Å². The van der Waals surface area contributed by atoms with Crippen molar-refractivity contribution in [2.75, 3.05) is 0 Å². The molecule has 0 aliphatic rings. The SMILES string of the molecule is N#Cc1ccc(Cl)cc1S(N)(=O)=O. The zero-order chi connectivity index (χ0) is 10.1. The van der Waals surface area contributed by atoms with Crippen molar-refractivity contribution in [1.29, 1.82) is 5.26 Å². The predicted octanol–water partition coefficient (Wildman–Crippen LogP) is 0.859. The van der Waals surface area contributed by atoms with Gasteiger partial charge in [0.2, 0.25) is 10.0 Å². The fourth-order valence-corrected chi connectivity index (χ4v) is 1.77. The van der Waals surface area contributed by atoms with E-state index >= 15 is 0 Å². The average Bonchev–Trinajstić information content (AvgIpc) is 2.03. The molecular weight excluding hydrogens is 212 g/mol. The molecule has 0 aromatic heterocycles. The number of halogens is 1. The van der Waals surface area contributed by atoms with Gasteiger partial charge in [0.25, 0.3) is 0 Å². The summed E-state index contributed by atoms with van der Waals surface area (Å²) in [5.74, 6) is 0. The monoisotopic (exact) mass is 216 g/mol. The summed E-state index contributed by atoms with van der Waals surface area (Å²) in [6.07, 6.45) is 0. The minimum absolute atomic E-state index is 0.00750. The largest absolute Gasteiger partial charge is 0.239 e. The second kappa shape index (κ2) is 3.34. The van der Waals surface area contributed by atoms with Crippen molar-refractivity contribution in [2.24, 2.45) is 5.14 Å². The molecular formula is C7H5ClN2O2S. The number of nitrogens with zero attached hydrogens (tertiary/aromatic N) is 1. The second-order valence-electron chi connectivity index (χ2n) is 2.30. The molecule has 2 N–H and O–H groups in total. The summed E-state index contributed by atoms with van der Waals surface area (Å²) in [6, 6.07) is 5.59. The zero-order valence-corrected chi connectivity index (χ0v) is 7.93. The van der Waals surface area contributed by atoms with Crippen LogP contribution in [0.15, 0.2) is 23.1 Å². The van der Waals surface area contributed by atoms with Crippen LogP contribution in [0.2, 0.25) is 5.02 Å². The lowest BCUT2D eigenvalue weighted by molar-refractivity contribution is 0.597. The van der Waals surface area contributed by atoms with Crippen molar-refractivity contribution in [3.8, 4) is 6.07 Å². The highest BCUT2D eigenvalue weighted by molar-refractivity contribution is 7.89. The lowest BCUT2D eigenvalue weighted by atomic mass is 10.2. The molecule has 1 aromatic rings. The van der Waals surface area contributed by atoms with E-state index in [9.17, 15) is 8.42 Å². The van der Waals surface area contributed by atoms with Crippen molar-refractivity contribution in [3.05, 3.63) is 28.8 Å². The third kappa shape index (κ3) is 2.18. The maximum absolute atomic E-state index is 10.9. The van der Waals surface area contributed by atoms with Gasteiger partial charge in [0.05, 0.1) is 5.56 Å². The number of sulfonamides is 1. The van der Waals surface area contributed by atoms with Gasteiger partial charge < -0.3 is 0 Å². The number of hydrogen-bond acceptors (Lipinski definition) is 3. The van der Waals surface area contributed by atoms with Gasteiger partial charge in [-0.3, -0.25) is 0 Å². The minimum Gasteiger partial charge on any atom is -0.225 e. The highest BCUT2D eigenvalue weighted by atomic mass is 35.5. The number of hydrogen-bond donors (Lipinski definition) is 1. The molecule has 0 saturated heterocycles. The van der Waals surface area contributed by atoms with Gasteiger partial charge in [0.15, 0.2) is 0 Å². The van der Waals surface area contributed by atoms with Crippen LogP contribution in [0.3, 0.4) is 0 Å². The van der Waals surface area contributed by atoms with E-state index in [0.717, 1.165) is 6.07 Å². The Hall–Kier alpha value is -1.09. The van der Waals surface area contributed by atoms with E-state index in [2.05, 4.69) is 0 Å². The van der Waals surface area contributed by atoms with Gasteiger partial charge in [0, 0.05) is 5.02 Å². The van der Waals surface area contributed by atoms with Gasteiger partial charge in [-0.05, 0) is 18.2 Å². The van der Waals surface area contributed by atoms with Crippen molar-refractivity contribution in [1.82, 2.24) is 0 Å². The second-order valence-corrected chi connectivity index (χ2v) is 4.26. The molecule has 6 heteroatoms. The Bertz CT molecular complexity index is 476. The van der Waals surface area contributed by atoms with Crippen LogP contribution < -0.4 is 5.14 Å². The molecule has 0 radical (unpaired) electrons. The third-order valence-electron chi connectivity index (χ3n) is 1.37. The van der Waals surface area contributed by atoms with Crippen LogP contribution >= 0.6 is 11.6 Å². The van der Waals surface area contributed by atoms with Crippen LogP contribution in [0.25, 0.3) is 0 Å². The highest BCUT2D eigenvalue weighted by Crippen LogP contribution is 2.18. The van der Waals surface area contributed by atoms with Crippen LogP contribution in [0, 0.1) is 11.3 Å². The number of nitriles is 1. The fraction of sp³-hybridized carbons (Fsp3) is 0. The molecule has 1 aromatic carbocycles. The molecule has 1 rings (SSSR count). The first-order valence-electron chi connectivity index (χ1n) is 3.17. The van der Waals surface area contributed by atoms with E-state index in [4.69, 9.17) is 22.0 Å². The van der Waals surface area contributed by atoms with Crippen molar-refractivity contribution < 1.29 is 8.42 Å². The molecule has 0 unspecified atom stereocenters. The molecule has 0 bridgehead atoms. The molecule has 0 atom stereocenters. The van der Waals surface area contributed by atoms with E-state index in [0.29, 0.717) is 0 Å². The van der Waals surface area contributed by atoms with Crippen molar-refractivity contribution >= 4 is 21.6 Å². The molecule has 0 fully saturated rings. The van der Waals surface area contributed by atoms with Crippen molar-refractivity contribution in [3.63, 3.8) is 0 Å². The summed E-state index contributed by atoms with van der Waals surface area (Å²) >= 11 is 5.55. The first-order valence-corrected chi connectivity index (χ1v) is 5.10. The lowest BCUT2D eigenvalue weighted by Crippen LogP contribution is -2.13. The third-order valence-corrected chi connectivity index (χ3v) is 2.56. The number of nitrogens with two attached hydrogens (primary N) is 1. The quantitative estimate of drug-likeness (QED) is 0.756. The van der Waals surface area contributed by atoms with E-state index in [1.807, 2.05) is 0 Å². The summed E-state index contributed by atoms with van der Waals surface area (Å²) in [5, 5.41) is 13.6. The van der Waals surface area contributed by atoms with Crippen LogP contribution in [-0.2, 0) is 10.0 Å². The number of primary sulfonamides is 1. The van der Waals surface area contributed by atoms with Crippen LogP contribution in [0.4, 0.5) is 0 Å². The minimum atomic E-state index is -3.88. The molecule has 0 saturated carbocycles. The first-order chi connectivity index (χ1) is 5.95. The first kappa shape index (κ1) is 9.99. The van der Waals surface area contributed by atoms with E-state index in [1.165, 1.54) is 12.1 Å². The standard InChI is InChI=1S/C7H5ClN2O2S/c8-6-2-1-5(4-9)7(3-6)13(10,11)12/h1-3H,(H2,10,11,12). The number of benzene rings is 1. The van der Waals surface area contributed by atoms with Crippen LogP contribution in [0.5, 0.6) is 0 Å². The molecule has 0 amide bonds. The molecule has 0 aliphatic carbocycles. The van der Waals surface area contributed by atoms with Gasteiger partial charge in [-0.1, -0.05) is 11.6 Å². The maximum Gasteiger partial charge on any atom is 0.239 e. The van der Waals surface area contributed by atoms with Crippen LogP contribution in [0.1, 0.15) is 5.56 Å². The summed E-state index contributed by atoms with van der Waals surface area (Å²) in [5.41, 5.74) is -0.00750. The molecule has 0 spiro atoms. The average molecular weight is 217 g/mol. The molecule has 0 aliphatic heterocycles. The Labute approximate surface area is 80.6 Å².